The van der Waals surface area contributed by atoms with Crippen molar-refractivity contribution in [1.82, 2.24) is 5.43 Å². The maximum atomic E-state index is 12.3. The van der Waals surface area contributed by atoms with Crippen molar-refractivity contribution in [3.05, 3.63) is 131 Å². The van der Waals surface area contributed by atoms with Crippen LogP contribution < -0.4 is 10.4 Å². The van der Waals surface area contributed by atoms with Crippen LogP contribution in [-0.2, 0) is 0 Å². The van der Waals surface area contributed by atoms with E-state index in [-0.39, 0.29) is 22.8 Å². The van der Waals surface area contributed by atoms with Gasteiger partial charge in [-0.05, 0) is 41.0 Å². The Bertz CT molecular complexity index is 1450. The Labute approximate surface area is 216 Å². The topological polar surface area (TPSA) is 77.3 Å². The molecule has 2 N–H and O–H groups in total. The molecule has 0 radical (unpaired) electrons. The molecular weight excluding hydrogens is 460 g/mol. The molecule has 37 heavy (non-hydrogen) atoms. The molecule has 1 aliphatic rings. The maximum absolute atomic E-state index is 12.3. The molecule has 1 amide bonds. The number of hydrazone groups is 2. The number of phenolic OH excluding ortho intramolecular Hbond substituents is 1. The molecule has 1 aliphatic heterocycles. The summed E-state index contributed by atoms with van der Waals surface area (Å²) < 4.78 is 0. The number of amides is 1. The fourth-order valence-corrected chi connectivity index (χ4v) is 4.76. The Morgan fingerprint density at radius 3 is 2.19 bits per heavy atom. The van der Waals surface area contributed by atoms with Gasteiger partial charge in [0.25, 0.3) is 5.91 Å². The van der Waals surface area contributed by atoms with Crippen molar-refractivity contribution in [3.8, 4) is 5.75 Å². The standard InChI is InChI=1S/C31H28N4O2/c1-31(2)28(23-11-5-3-6-12-23)34-35(29(31)24-13-7-4-8-14-24)25-19-17-22(18-20-25)21-32-33-30(37)26-15-9-10-16-27(26)36/h3-21,29,36H,1-2H3,(H,33,37)/b32-21-/t29-/m1/s1. The summed E-state index contributed by atoms with van der Waals surface area (Å²) in [6.07, 6.45) is 1.57. The predicted octanol–water partition coefficient (Wildman–Crippen LogP) is 6.15. The Morgan fingerprint density at radius 1 is 0.892 bits per heavy atom. The van der Waals surface area contributed by atoms with Gasteiger partial charge in [0.2, 0.25) is 0 Å². The molecule has 0 saturated carbocycles. The number of aromatic hydroxyl groups is 1. The third-order valence-corrected chi connectivity index (χ3v) is 6.59. The molecule has 184 valence electrons. The molecule has 0 aromatic heterocycles. The third-order valence-electron chi connectivity index (χ3n) is 6.59. The van der Waals surface area contributed by atoms with E-state index in [2.05, 4.69) is 65.8 Å². The lowest BCUT2D eigenvalue weighted by atomic mass is 9.75. The summed E-state index contributed by atoms with van der Waals surface area (Å²) in [5.74, 6) is -0.560. The molecule has 0 bridgehead atoms. The number of carbonyl (C=O) groups is 1. The van der Waals surface area contributed by atoms with E-state index in [4.69, 9.17) is 5.10 Å². The summed E-state index contributed by atoms with van der Waals surface area (Å²) in [6.45, 7) is 4.48. The van der Waals surface area contributed by atoms with Crippen LogP contribution in [0.3, 0.4) is 0 Å². The number of carbonyl (C=O) groups excluding carboxylic acids is 1. The first-order valence-electron chi connectivity index (χ1n) is 12.2. The van der Waals surface area contributed by atoms with Crippen LogP contribution in [0.25, 0.3) is 0 Å². The SMILES string of the molecule is CC1(C)C(c2ccccc2)=NN(c2ccc(/C=N\NC(=O)c3ccccc3O)cc2)[C@@H]1c1ccccc1. The Morgan fingerprint density at radius 2 is 1.51 bits per heavy atom. The number of nitrogens with one attached hydrogen (secondary N) is 1. The van der Waals surface area contributed by atoms with Gasteiger partial charge in [0.15, 0.2) is 0 Å². The summed E-state index contributed by atoms with van der Waals surface area (Å²) in [5.41, 5.74) is 7.52. The van der Waals surface area contributed by atoms with Gasteiger partial charge in [0, 0.05) is 5.41 Å². The van der Waals surface area contributed by atoms with Gasteiger partial charge in [0.05, 0.1) is 29.2 Å². The molecule has 0 aliphatic carbocycles. The van der Waals surface area contributed by atoms with Gasteiger partial charge in [-0.2, -0.15) is 10.2 Å². The highest BCUT2D eigenvalue weighted by Crippen LogP contribution is 2.48. The smallest absolute Gasteiger partial charge is 0.275 e. The van der Waals surface area contributed by atoms with Crippen molar-refractivity contribution in [2.24, 2.45) is 15.6 Å². The van der Waals surface area contributed by atoms with Gasteiger partial charge in [-0.1, -0.05) is 98.8 Å². The van der Waals surface area contributed by atoms with Crippen LogP contribution in [0.15, 0.2) is 119 Å². The molecule has 6 heteroatoms. The second-order valence-electron chi connectivity index (χ2n) is 9.50. The van der Waals surface area contributed by atoms with Crippen LogP contribution in [0.2, 0.25) is 0 Å². The number of phenols is 1. The van der Waals surface area contributed by atoms with Gasteiger partial charge in [-0.25, -0.2) is 5.43 Å². The Kier molecular flexibility index (Phi) is 6.56. The number of anilines is 1. The van der Waals surface area contributed by atoms with Crippen LogP contribution in [0, 0.1) is 5.41 Å². The van der Waals surface area contributed by atoms with E-state index in [0.717, 1.165) is 22.5 Å². The average molecular weight is 489 g/mol. The third kappa shape index (κ3) is 4.86. The van der Waals surface area contributed by atoms with Crippen molar-refractivity contribution in [1.29, 1.82) is 0 Å². The van der Waals surface area contributed by atoms with E-state index in [9.17, 15) is 9.90 Å². The first kappa shape index (κ1) is 24.0. The number of para-hydroxylation sites is 1. The normalized spacial score (nSPS) is 16.5. The minimum atomic E-state index is -0.473. The highest BCUT2D eigenvalue weighted by Gasteiger charge is 2.46. The molecule has 0 unspecified atom stereocenters. The minimum Gasteiger partial charge on any atom is -0.507 e. The molecule has 6 nitrogen and oxygen atoms in total. The summed E-state index contributed by atoms with van der Waals surface area (Å²) in [7, 11) is 0. The van der Waals surface area contributed by atoms with Crippen molar-refractivity contribution in [2.75, 3.05) is 5.01 Å². The lowest BCUT2D eigenvalue weighted by Gasteiger charge is -2.33. The summed E-state index contributed by atoms with van der Waals surface area (Å²) in [4.78, 5) is 12.3. The highest BCUT2D eigenvalue weighted by molar-refractivity contribution is 6.07. The molecule has 4 aromatic carbocycles. The number of benzene rings is 4. The van der Waals surface area contributed by atoms with Gasteiger partial charge >= 0.3 is 0 Å². The van der Waals surface area contributed by atoms with Crippen LogP contribution in [-0.4, -0.2) is 22.9 Å². The van der Waals surface area contributed by atoms with Crippen molar-refractivity contribution in [3.63, 3.8) is 0 Å². The fraction of sp³-hybridized carbons (Fsp3) is 0.129. The highest BCUT2D eigenvalue weighted by atomic mass is 16.3. The zero-order chi connectivity index (χ0) is 25.8. The van der Waals surface area contributed by atoms with Crippen LogP contribution in [0.1, 0.15) is 46.9 Å². The summed E-state index contributed by atoms with van der Waals surface area (Å²) in [5, 5.41) is 21.1. The summed E-state index contributed by atoms with van der Waals surface area (Å²) >= 11 is 0. The quantitative estimate of drug-likeness (QED) is 0.253. The largest absolute Gasteiger partial charge is 0.507 e. The second-order valence-corrected chi connectivity index (χ2v) is 9.50. The fourth-order valence-electron chi connectivity index (χ4n) is 4.76. The average Bonchev–Trinajstić information content (AvgIpc) is 3.21. The van der Waals surface area contributed by atoms with Crippen LogP contribution in [0.4, 0.5) is 5.69 Å². The molecule has 5 rings (SSSR count). The van der Waals surface area contributed by atoms with E-state index in [1.165, 1.54) is 11.6 Å². The zero-order valence-electron chi connectivity index (χ0n) is 20.7. The monoisotopic (exact) mass is 488 g/mol. The maximum Gasteiger partial charge on any atom is 0.275 e. The van der Waals surface area contributed by atoms with Crippen molar-refractivity contribution in [2.45, 2.75) is 19.9 Å². The minimum absolute atomic E-state index is 0.0151. The first-order chi connectivity index (χ1) is 17.9. The number of rotatable bonds is 6. The van der Waals surface area contributed by atoms with E-state index >= 15 is 0 Å². The van der Waals surface area contributed by atoms with Crippen molar-refractivity contribution >= 4 is 23.5 Å². The number of hydrogen-bond acceptors (Lipinski definition) is 5. The lowest BCUT2D eigenvalue weighted by molar-refractivity contribution is 0.0952. The van der Waals surface area contributed by atoms with Crippen LogP contribution in [0.5, 0.6) is 5.75 Å². The number of nitrogens with zero attached hydrogens (tertiary/aromatic N) is 3. The van der Waals surface area contributed by atoms with E-state index in [1.807, 2.05) is 48.5 Å². The van der Waals surface area contributed by atoms with Gasteiger partial charge in [-0.15, -0.1) is 0 Å². The van der Waals surface area contributed by atoms with Crippen LogP contribution >= 0.6 is 0 Å². The van der Waals surface area contributed by atoms with E-state index < -0.39 is 5.91 Å². The second kappa shape index (κ2) is 10.1. The first-order valence-corrected chi connectivity index (χ1v) is 12.2. The number of hydrogen-bond donors (Lipinski definition) is 2. The molecule has 4 aromatic rings. The Hall–Kier alpha value is -4.71. The van der Waals surface area contributed by atoms with Gasteiger partial charge < -0.3 is 5.11 Å². The van der Waals surface area contributed by atoms with E-state index in [1.54, 1.807) is 24.4 Å². The lowest BCUT2D eigenvalue weighted by Crippen LogP contribution is -2.32. The Balaban J connectivity index is 1.40. The molecule has 0 fully saturated rings. The molecule has 1 heterocycles. The summed E-state index contributed by atoms with van der Waals surface area (Å²) in [6, 6.07) is 35.0. The molecule has 0 saturated heterocycles. The van der Waals surface area contributed by atoms with Gasteiger partial charge in [-0.3, -0.25) is 9.80 Å². The van der Waals surface area contributed by atoms with Gasteiger partial charge in [0.1, 0.15) is 5.75 Å². The molecule has 1 atom stereocenters. The molecule has 0 spiro atoms. The van der Waals surface area contributed by atoms with E-state index in [0.29, 0.717) is 0 Å². The predicted molar refractivity (Wildman–Crippen MR) is 148 cm³/mol. The zero-order valence-corrected chi connectivity index (χ0v) is 20.7. The van der Waals surface area contributed by atoms with Crippen molar-refractivity contribution < 1.29 is 9.90 Å². The molecular formula is C31H28N4O2.